The molecule has 0 radical (unpaired) electrons. The molecule has 0 N–H and O–H groups in total. The van der Waals surface area contributed by atoms with E-state index in [2.05, 4.69) is 36.6 Å². The molecule has 118 valence electrons. The van der Waals surface area contributed by atoms with Gasteiger partial charge in [-0.2, -0.15) is 8.78 Å². The van der Waals surface area contributed by atoms with Crippen molar-refractivity contribution < 1.29 is 17.9 Å². The van der Waals surface area contributed by atoms with Crippen molar-refractivity contribution in [3.8, 4) is 17.1 Å². The van der Waals surface area contributed by atoms with Crippen LogP contribution in [0.15, 0.2) is 60.6 Å². The first-order valence-corrected chi connectivity index (χ1v) is 8.01. The predicted octanol–water partition coefficient (Wildman–Crippen LogP) is 5.59. The summed E-state index contributed by atoms with van der Waals surface area (Å²) in [4.78, 5) is 12.3. The fraction of sp³-hybridized carbons (Fsp3) is 0.0625. The third-order valence-corrected chi connectivity index (χ3v) is 4.16. The zero-order chi connectivity index (χ0) is 16.6. The number of fused-ring (bicyclic) bond motifs is 1. The summed E-state index contributed by atoms with van der Waals surface area (Å²) in [5, 5.41) is 0.438. The van der Waals surface area contributed by atoms with Gasteiger partial charge in [0.2, 0.25) is 0 Å². The smallest absolute Gasteiger partial charge is 0.387 e. The number of ether oxygens (including phenoxy) is 1. The number of rotatable bonds is 3. The Labute approximate surface area is 146 Å². The summed E-state index contributed by atoms with van der Waals surface area (Å²) in [7, 11) is 0. The zero-order valence-electron chi connectivity index (χ0n) is 11.4. The van der Waals surface area contributed by atoms with Gasteiger partial charge in [0.05, 0.1) is 9.86 Å². The summed E-state index contributed by atoms with van der Waals surface area (Å²) < 4.78 is 35.8. The molecule has 3 rings (SSSR count). The van der Waals surface area contributed by atoms with Crippen LogP contribution in [0.2, 0.25) is 0 Å². The molecule has 0 unspecified atom stereocenters. The van der Waals surface area contributed by atoms with Crippen LogP contribution in [0.5, 0.6) is 5.75 Å². The minimum atomic E-state index is -2.88. The summed E-state index contributed by atoms with van der Waals surface area (Å²) >= 11 is 6.68. The van der Waals surface area contributed by atoms with Crippen LogP contribution in [0, 0.1) is 0 Å². The molecular formula is C16H8Br2F2O3. The van der Waals surface area contributed by atoms with Crippen LogP contribution in [0.4, 0.5) is 8.78 Å². The van der Waals surface area contributed by atoms with Crippen LogP contribution in [0.25, 0.3) is 22.3 Å². The van der Waals surface area contributed by atoms with E-state index < -0.39 is 6.61 Å². The van der Waals surface area contributed by atoms with Crippen molar-refractivity contribution in [1.29, 1.82) is 0 Å². The van der Waals surface area contributed by atoms with Crippen LogP contribution in [0.1, 0.15) is 0 Å². The standard InChI is InChI=1S/C16H8Br2F2O3/c17-9-5-11-13(21)7-14(23-15(11)12(18)6-9)8-1-3-10(4-2-8)22-16(19)20/h1-7,16H. The van der Waals surface area contributed by atoms with E-state index in [0.717, 1.165) is 4.47 Å². The second-order valence-corrected chi connectivity index (χ2v) is 6.41. The van der Waals surface area contributed by atoms with Crippen molar-refractivity contribution in [1.82, 2.24) is 0 Å². The van der Waals surface area contributed by atoms with Gasteiger partial charge in [-0.15, -0.1) is 0 Å². The normalized spacial score (nSPS) is 11.2. The van der Waals surface area contributed by atoms with Gasteiger partial charge >= 0.3 is 6.61 Å². The lowest BCUT2D eigenvalue weighted by Gasteiger charge is -2.07. The van der Waals surface area contributed by atoms with E-state index in [-0.39, 0.29) is 11.2 Å². The maximum Gasteiger partial charge on any atom is 0.387 e. The molecule has 0 bridgehead atoms. The summed E-state index contributed by atoms with van der Waals surface area (Å²) in [5.74, 6) is 0.381. The van der Waals surface area contributed by atoms with E-state index in [1.54, 1.807) is 24.3 Å². The number of hydrogen-bond acceptors (Lipinski definition) is 3. The molecule has 0 fully saturated rings. The van der Waals surface area contributed by atoms with Crippen molar-refractivity contribution in [2.75, 3.05) is 0 Å². The van der Waals surface area contributed by atoms with Crippen LogP contribution in [0.3, 0.4) is 0 Å². The van der Waals surface area contributed by atoms with Gasteiger partial charge in [0.1, 0.15) is 11.5 Å². The number of alkyl halides is 2. The molecule has 3 nitrogen and oxygen atoms in total. The molecule has 1 heterocycles. The molecule has 0 aliphatic carbocycles. The highest BCUT2D eigenvalue weighted by Crippen LogP contribution is 2.30. The Morgan fingerprint density at radius 3 is 2.39 bits per heavy atom. The average Bonchev–Trinajstić information content (AvgIpc) is 2.48. The van der Waals surface area contributed by atoms with E-state index in [0.29, 0.717) is 26.8 Å². The highest BCUT2D eigenvalue weighted by Gasteiger charge is 2.11. The molecule has 1 aromatic heterocycles. The average molecular weight is 446 g/mol. The van der Waals surface area contributed by atoms with Gasteiger partial charge in [-0.3, -0.25) is 4.79 Å². The van der Waals surface area contributed by atoms with Crippen LogP contribution < -0.4 is 10.2 Å². The second kappa shape index (κ2) is 6.41. The molecule has 0 aliphatic heterocycles. The SMILES string of the molecule is O=c1cc(-c2ccc(OC(F)F)cc2)oc2c(Br)cc(Br)cc12. The molecule has 2 aromatic carbocycles. The molecule has 0 spiro atoms. The Hall–Kier alpha value is -1.73. The minimum Gasteiger partial charge on any atom is -0.455 e. The summed E-state index contributed by atoms with van der Waals surface area (Å²) in [6.45, 7) is -2.88. The fourth-order valence-corrected chi connectivity index (χ4v) is 3.43. The quantitative estimate of drug-likeness (QED) is 0.527. The molecule has 0 saturated heterocycles. The Morgan fingerprint density at radius 1 is 1.04 bits per heavy atom. The van der Waals surface area contributed by atoms with Crippen molar-refractivity contribution in [3.05, 3.63) is 61.6 Å². The third-order valence-electron chi connectivity index (χ3n) is 3.11. The molecular weight excluding hydrogens is 438 g/mol. The Bertz CT molecular complexity index is 921. The first-order chi connectivity index (χ1) is 10.9. The molecule has 0 atom stereocenters. The van der Waals surface area contributed by atoms with Gasteiger partial charge in [0, 0.05) is 16.1 Å². The lowest BCUT2D eigenvalue weighted by Crippen LogP contribution is -2.02. The van der Waals surface area contributed by atoms with Crippen molar-refractivity contribution in [3.63, 3.8) is 0 Å². The van der Waals surface area contributed by atoms with Gasteiger partial charge in [-0.05, 0) is 52.3 Å². The molecule has 23 heavy (non-hydrogen) atoms. The topological polar surface area (TPSA) is 39.4 Å². The Kier molecular flexibility index (Phi) is 4.50. The second-order valence-electron chi connectivity index (χ2n) is 4.64. The van der Waals surface area contributed by atoms with Crippen molar-refractivity contribution >= 4 is 42.8 Å². The van der Waals surface area contributed by atoms with Crippen molar-refractivity contribution in [2.45, 2.75) is 6.61 Å². The van der Waals surface area contributed by atoms with Gasteiger partial charge in [-0.1, -0.05) is 15.9 Å². The monoisotopic (exact) mass is 444 g/mol. The number of hydrogen-bond donors (Lipinski definition) is 0. The van der Waals surface area contributed by atoms with Crippen LogP contribution in [-0.4, -0.2) is 6.61 Å². The largest absolute Gasteiger partial charge is 0.455 e. The lowest BCUT2D eigenvalue weighted by molar-refractivity contribution is -0.0498. The Balaban J connectivity index is 2.08. The maximum atomic E-state index is 12.3. The van der Waals surface area contributed by atoms with Gasteiger partial charge in [0.25, 0.3) is 0 Å². The van der Waals surface area contributed by atoms with E-state index >= 15 is 0 Å². The Morgan fingerprint density at radius 2 is 1.74 bits per heavy atom. The molecule has 3 aromatic rings. The first kappa shape index (κ1) is 16.1. The zero-order valence-corrected chi connectivity index (χ0v) is 14.5. The summed E-state index contributed by atoms with van der Waals surface area (Å²) in [5.41, 5.74) is 0.806. The van der Waals surface area contributed by atoms with E-state index in [1.165, 1.54) is 18.2 Å². The molecule has 7 heteroatoms. The van der Waals surface area contributed by atoms with Crippen molar-refractivity contribution in [2.24, 2.45) is 0 Å². The van der Waals surface area contributed by atoms with E-state index in [1.807, 2.05) is 0 Å². The highest BCUT2D eigenvalue weighted by atomic mass is 79.9. The third kappa shape index (κ3) is 3.45. The maximum absolute atomic E-state index is 12.3. The number of halogens is 4. The minimum absolute atomic E-state index is 0.0389. The fourth-order valence-electron chi connectivity index (χ4n) is 2.13. The molecule has 0 aliphatic rings. The lowest BCUT2D eigenvalue weighted by atomic mass is 10.1. The predicted molar refractivity (Wildman–Crippen MR) is 90.0 cm³/mol. The van der Waals surface area contributed by atoms with Crippen LogP contribution >= 0.6 is 31.9 Å². The van der Waals surface area contributed by atoms with Gasteiger partial charge < -0.3 is 9.15 Å². The summed E-state index contributed by atoms with van der Waals surface area (Å²) in [6, 6.07) is 10.7. The molecule has 0 saturated carbocycles. The molecule has 0 amide bonds. The number of benzene rings is 2. The van der Waals surface area contributed by atoms with E-state index in [9.17, 15) is 13.6 Å². The van der Waals surface area contributed by atoms with Gasteiger partial charge in [-0.25, -0.2) is 0 Å². The summed E-state index contributed by atoms with van der Waals surface area (Å²) in [6.07, 6.45) is 0. The van der Waals surface area contributed by atoms with Gasteiger partial charge in [0.15, 0.2) is 11.0 Å². The van der Waals surface area contributed by atoms with Crippen LogP contribution in [-0.2, 0) is 0 Å². The highest BCUT2D eigenvalue weighted by molar-refractivity contribution is 9.11. The first-order valence-electron chi connectivity index (χ1n) is 6.42. The van der Waals surface area contributed by atoms with E-state index in [4.69, 9.17) is 4.42 Å².